The predicted molar refractivity (Wildman–Crippen MR) is 79.4 cm³/mol. The topological polar surface area (TPSA) is 82.3 Å². The third-order valence-electron chi connectivity index (χ3n) is 2.96. The van der Waals surface area contributed by atoms with E-state index < -0.39 is 5.97 Å². The van der Waals surface area contributed by atoms with Crippen LogP contribution in [0.15, 0.2) is 35.1 Å². The van der Waals surface area contributed by atoms with Crippen molar-refractivity contribution >= 4 is 17.8 Å². The van der Waals surface area contributed by atoms with Crippen molar-refractivity contribution in [2.75, 3.05) is 6.61 Å². The van der Waals surface area contributed by atoms with Gasteiger partial charge in [-0.3, -0.25) is 9.78 Å². The van der Waals surface area contributed by atoms with Crippen molar-refractivity contribution in [3.8, 4) is 0 Å². The van der Waals surface area contributed by atoms with E-state index in [1.54, 1.807) is 25.4 Å². The third kappa shape index (κ3) is 3.66. The average Bonchev–Trinajstić information content (AvgIpc) is 3.02. The molecule has 0 atom stereocenters. The van der Waals surface area contributed by atoms with E-state index in [4.69, 9.17) is 9.26 Å². The van der Waals surface area contributed by atoms with Gasteiger partial charge in [-0.1, -0.05) is 12.1 Å². The molecule has 2 rings (SSSR count). The largest absolute Gasteiger partial charge is 0.461 e. The van der Waals surface area contributed by atoms with Crippen LogP contribution >= 0.6 is 0 Å². The summed E-state index contributed by atoms with van der Waals surface area (Å²) in [7, 11) is 0. The van der Waals surface area contributed by atoms with Gasteiger partial charge in [0.1, 0.15) is 0 Å². The molecule has 0 aromatic carbocycles. The Balaban J connectivity index is 2.11. The van der Waals surface area contributed by atoms with Gasteiger partial charge in [-0.2, -0.15) is 0 Å². The summed E-state index contributed by atoms with van der Waals surface area (Å²) < 4.78 is 9.78. The molecule has 22 heavy (non-hydrogen) atoms. The first-order valence-electron chi connectivity index (χ1n) is 6.94. The standard InChI is InChI=1S/C16H16N2O4/c1-3-11-10-17-8-7-13(11)15(19)6-5-12-9-14(18-22-12)16(20)21-4-2/h5-10H,3-4H2,1-2H3. The van der Waals surface area contributed by atoms with Gasteiger partial charge < -0.3 is 9.26 Å². The molecule has 2 heterocycles. The molecule has 114 valence electrons. The molecule has 0 aliphatic heterocycles. The van der Waals surface area contributed by atoms with E-state index in [1.807, 2.05) is 6.92 Å². The van der Waals surface area contributed by atoms with Gasteiger partial charge >= 0.3 is 5.97 Å². The highest BCUT2D eigenvalue weighted by Crippen LogP contribution is 2.12. The van der Waals surface area contributed by atoms with Crippen LogP contribution in [0.3, 0.4) is 0 Å². The number of hydrogen-bond donors (Lipinski definition) is 0. The van der Waals surface area contributed by atoms with Gasteiger partial charge in [0.15, 0.2) is 17.2 Å². The van der Waals surface area contributed by atoms with Crippen LogP contribution in [0.2, 0.25) is 0 Å². The normalized spacial score (nSPS) is 10.8. The Morgan fingerprint density at radius 2 is 2.18 bits per heavy atom. The minimum Gasteiger partial charge on any atom is -0.461 e. The van der Waals surface area contributed by atoms with Crippen LogP contribution in [0.1, 0.15) is 46.0 Å². The summed E-state index contributed by atoms with van der Waals surface area (Å²) in [6.45, 7) is 3.92. The summed E-state index contributed by atoms with van der Waals surface area (Å²) in [5.74, 6) is -0.406. The number of carbonyl (C=O) groups is 2. The molecule has 0 radical (unpaired) electrons. The minimum absolute atomic E-state index is 0.0760. The highest BCUT2D eigenvalue weighted by atomic mass is 16.5. The van der Waals surface area contributed by atoms with Crippen LogP contribution in [0.4, 0.5) is 0 Å². The molecule has 6 nitrogen and oxygen atoms in total. The molecule has 2 aromatic rings. The number of aryl methyl sites for hydroxylation is 1. The van der Waals surface area contributed by atoms with E-state index in [0.29, 0.717) is 11.3 Å². The van der Waals surface area contributed by atoms with E-state index in [2.05, 4.69) is 10.1 Å². The first-order chi connectivity index (χ1) is 10.7. The smallest absolute Gasteiger partial charge is 0.360 e. The van der Waals surface area contributed by atoms with Crippen LogP contribution in [-0.2, 0) is 11.2 Å². The van der Waals surface area contributed by atoms with Crippen molar-refractivity contribution in [3.05, 3.63) is 53.2 Å². The Hall–Kier alpha value is -2.76. The number of hydrogen-bond acceptors (Lipinski definition) is 6. The van der Waals surface area contributed by atoms with Crippen molar-refractivity contribution in [3.63, 3.8) is 0 Å². The zero-order valence-corrected chi connectivity index (χ0v) is 12.4. The van der Waals surface area contributed by atoms with E-state index >= 15 is 0 Å². The summed E-state index contributed by atoms with van der Waals surface area (Å²) in [6, 6.07) is 3.10. The lowest BCUT2D eigenvalue weighted by molar-refractivity contribution is 0.0514. The summed E-state index contributed by atoms with van der Waals surface area (Å²) in [5.41, 5.74) is 1.55. The van der Waals surface area contributed by atoms with Crippen molar-refractivity contribution in [2.24, 2.45) is 0 Å². The lowest BCUT2D eigenvalue weighted by Gasteiger charge is -2.02. The maximum atomic E-state index is 12.2. The molecule has 0 aliphatic carbocycles. The van der Waals surface area contributed by atoms with Gasteiger partial charge in [0.2, 0.25) is 0 Å². The summed E-state index contributed by atoms with van der Waals surface area (Å²) in [6.07, 6.45) is 6.82. The first kappa shape index (κ1) is 15.6. The molecular formula is C16H16N2O4. The fraction of sp³-hybridized carbons (Fsp3) is 0.250. The van der Waals surface area contributed by atoms with Crippen molar-refractivity contribution in [2.45, 2.75) is 20.3 Å². The highest BCUT2D eigenvalue weighted by Gasteiger charge is 2.12. The van der Waals surface area contributed by atoms with Crippen LogP contribution in [-0.4, -0.2) is 28.5 Å². The summed E-state index contributed by atoms with van der Waals surface area (Å²) in [5, 5.41) is 3.60. The minimum atomic E-state index is -0.556. The predicted octanol–water partition coefficient (Wildman–Crippen LogP) is 2.70. The number of carbonyl (C=O) groups excluding carboxylic acids is 2. The SMILES string of the molecule is CCOC(=O)c1cc(C=CC(=O)c2ccncc2CC)on1. The molecule has 2 aromatic heterocycles. The average molecular weight is 300 g/mol. The summed E-state index contributed by atoms with van der Waals surface area (Å²) >= 11 is 0. The molecule has 0 aliphatic rings. The number of aromatic nitrogens is 2. The molecule has 0 fully saturated rings. The van der Waals surface area contributed by atoms with Crippen LogP contribution in [0.25, 0.3) is 6.08 Å². The molecular weight excluding hydrogens is 284 g/mol. The molecule has 0 N–H and O–H groups in total. The van der Waals surface area contributed by atoms with Crippen LogP contribution in [0.5, 0.6) is 0 Å². The lowest BCUT2D eigenvalue weighted by Crippen LogP contribution is -2.04. The third-order valence-corrected chi connectivity index (χ3v) is 2.96. The van der Waals surface area contributed by atoms with Crippen LogP contribution in [0, 0.1) is 0 Å². The van der Waals surface area contributed by atoms with Gasteiger partial charge in [0.05, 0.1) is 6.61 Å². The molecule has 0 unspecified atom stereocenters. The first-order valence-corrected chi connectivity index (χ1v) is 6.94. The zero-order valence-electron chi connectivity index (χ0n) is 12.4. The van der Waals surface area contributed by atoms with Gasteiger partial charge in [0.25, 0.3) is 0 Å². The molecule has 6 heteroatoms. The second-order valence-electron chi connectivity index (χ2n) is 4.42. The second kappa shape index (κ2) is 7.31. The van der Waals surface area contributed by atoms with E-state index in [9.17, 15) is 9.59 Å². The van der Waals surface area contributed by atoms with Crippen molar-refractivity contribution < 1.29 is 18.8 Å². The van der Waals surface area contributed by atoms with Crippen molar-refractivity contribution in [1.29, 1.82) is 0 Å². The lowest BCUT2D eigenvalue weighted by atomic mass is 10.0. The fourth-order valence-corrected chi connectivity index (χ4v) is 1.87. The molecule has 0 saturated carbocycles. The van der Waals surface area contributed by atoms with Gasteiger partial charge in [0, 0.05) is 24.0 Å². The van der Waals surface area contributed by atoms with Crippen LogP contribution < -0.4 is 0 Å². The monoisotopic (exact) mass is 300 g/mol. The molecule has 0 amide bonds. The van der Waals surface area contributed by atoms with E-state index in [1.165, 1.54) is 18.2 Å². The number of pyridine rings is 1. The Kier molecular flexibility index (Phi) is 5.19. The quantitative estimate of drug-likeness (QED) is 0.463. The number of ether oxygens (including phenoxy) is 1. The Bertz CT molecular complexity index is 704. The Morgan fingerprint density at radius 1 is 1.36 bits per heavy atom. The maximum Gasteiger partial charge on any atom is 0.360 e. The number of rotatable bonds is 6. The molecule has 0 spiro atoms. The maximum absolute atomic E-state index is 12.2. The summed E-state index contributed by atoms with van der Waals surface area (Å²) in [4.78, 5) is 27.6. The number of ketones is 1. The van der Waals surface area contributed by atoms with Crippen molar-refractivity contribution in [1.82, 2.24) is 10.1 Å². The Morgan fingerprint density at radius 3 is 2.91 bits per heavy atom. The van der Waals surface area contributed by atoms with Gasteiger partial charge in [-0.05, 0) is 37.1 Å². The van der Waals surface area contributed by atoms with Gasteiger partial charge in [-0.15, -0.1) is 0 Å². The Labute approximate surface area is 127 Å². The second-order valence-corrected chi connectivity index (χ2v) is 4.42. The fourth-order valence-electron chi connectivity index (χ4n) is 1.87. The van der Waals surface area contributed by atoms with E-state index in [0.717, 1.165) is 12.0 Å². The number of esters is 1. The van der Waals surface area contributed by atoms with E-state index in [-0.39, 0.29) is 18.1 Å². The molecule has 0 bridgehead atoms. The highest BCUT2D eigenvalue weighted by molar-refractivity contribution is 6.07. The number of nitrogens with zero attached hydrogens (tertiary/aromatic N) is 2. The number of allylic oxidation sites excluding steroid dienone is 1. The van der Waals surface area contributed by atoms with Gasteiger partial charge in [-0.25, -0.2) is 4.79 Å². The molecule has 0 saturated heterocycles. The zero-order chi connectivity index (χ0) is 15.9.